The summed E-state index contributed by atoms with van der Waals surface area (Å²) >= 11 is 5.82. The van der Waals surface area contributed by atoms with Gasteiger partial charge in [0.15, 0.2) is 0 Å². The number of nitrogens with one attached hydrogen (secondary N) is 1. The molecule has 0 saturated carbocycles. The average Bonchev–Trinajstić information content (AvgIpc) is 2.69. The number of aliphatic carboxylic acids is 1. The first kappa shape index (κ1) is 21.4. The van der Waals surface area contributed by atoms with E-state index in [1.165, 1.54) is 6.07 Å². The molecular weight excluding hydrogens is 410 g/mol. The molecule has 1 aromatic heterocycles. The van der Waals surface area contributed by atoms with Gasteiger partial charge in [0.2, 0.25) is 5.91 Å². The lowest BCUT2D eigenvalue weighted by atomic mass is 10.0. The maximum absolute atomic E-state index is 12.5. The topological polar surface area (TPSA) is 120 Å². The van der Waals surface area contributed by atoms with Gasteiger partial charge < -0.3 is 24.7 Å². The van der Waals surface area contributed by atoms with Gasteiger partial charge in [-0.1, -0.05) is 23.7 Å². The molecule has 0 saturated heterocycles. The van der Waals surface area contributed by atoms with Crippen LogP contribution >= 0.6 is 11.6 Å². The molecule has 0 spiro atoms. The van der Waals surface area contributed by atoms with Crippen molar-refractivity contribution in [1.82, 2.24) is 5.32 Å². The zero-order chi connectivity index (χ0) is 22.0. The first-order valence-electron chi connectivity index (χ1n) is 9.17. The largest absolute Gasteiger partial charge is 0.548 e. The van der Waals surface area contributed by atoms with Crippen molar-refractivity contribution in [3.63, 3.8) is 0 Å². The fourth-order valence-electron chi connectivity index (χ4n) is 3.24. The number of hydrogen-bond donors (Lipinski definition) is 2. The third-order valence-electron chi connectivity index (χ3n) is 4.99. The highest BCUT2D eigenvalue weighted by Gasteiger charge is 2.20. The van der Waals surface area contributed by atoms with Gasteiger partial charge >= 0.3 is 5.63 Å². The van der Waals surface area contributed by atoms with Crippen LogP contribution in [0.4, 0.5) is 0 Å². The van der Waals surface area contributed by atoms with E-state index < -0.39 is 23.5 Å². The van der Waals surface area contributed by atoms with Crippen molar-refractivity contribution in [1.29, 1.82) is 0 Å². The van der Waals surface area contributed by atoms with Gasteiger partial charge in [-0.15, -0.1) is 0 Å². The number of amides is 1. The molecule has 3 aromatic rings. The monoisotopic (exact) mass is 428 g/mol. The Morgan fingerprint density at radius 1 is 1.13 bits per heavy atom. The fraction of sp³-hybridized carbons (Fsp3) is 0.227. The number of rotatable bonds is 6. The minimum Gasteiger partial charge on any atom is -0.548 e. The molecule has 0 aliphatic rings. The van der Waals surface area contributed by atoms with Gasteiger partial charge in [-0.2, -0.15) is 0 Å². The average molecular weight is 429 g/mol. The van der Waals surface area contributed by atoms with Crippen LogP contribution in [0.25, 0.3) is 11.0 Å². The number of phenolic OH excluding ortho intramolecular Hbond substituents is 1. The molecule has 0 bridgehead atoms. The molecule has 0 fully saturated rings. The van der Waals surface area contributed by atoms with Crippen LogP contribution in [0.1, 0.15) is 22.3 Å². The minimum absolute atomic E-state index is 0.00505. The summed E-state index contributed by atoms with van der Waals surface area (Å²) in [6.45, 7) is 3.29. The Bertz CT molecular complexity index is 1180. The van der Waals surface area contributed by atoms with E-state index in [0.29, 0.717) is 27.1 Å². The molecule has 156 valence electrons. The predicted octanol–water partition coefficient (Wildman–Crippen LogP) is 1.79. The lowest BCUT2D eigenvalue weighted by molar-refractivity contribution is -0.308. The molecule has 3 rings (SSSR count). The van der Waals surface area contributed by atoms with E-state index in [1.807, 2.05) is 0 Å². The van der Waals surface area contributed by atoms with Gasteiger partial charge in [0.25, 0.3) is 0 Å². The maximum Gasteiger partial charge on any atom is 0.340 e. The number of benzene rings is 2. The zero-order valence-corrected chi connectivity index (χ0v) is 17.1. The van der Waals surface area contributed by atoms with Gasteiger partial charge in [-0.25, -0.2) is 4.79 Å². The van der Waals surface area contributed by atoms with Crippen LogP contribution in [0.15, 0.2) is 45.6 Å². The van der Waals surface area contributed by atoms with Gasteiger partial charge in [-0.05, 0) is 55.7 Å². The Kier molecular flexibility index (Phi) is 6.12. The quantitative estimate of drug-likeness (QED) is 0.577. The number of aryl methyl sites for hydroxylation is 2. The van der Waals surface area contributed by atoms with Crippen LogP contribution < -0.4 is 16.0 Å². The van der Waals surface area contributed by atoms with Crippen molar-refractivity contribution in [2.45, 2.75) is 32.7 Å². The smallest absolute Gasteiger partial charge is 0.340 e. The second-order valence-electron chi connectivity index (χ2n) is 7.03. The fourth-order valence-corrected chi connectivity index (χ4v) is 3.36. The van der Waals surface area contributed by atoms with Gasteiger partial charge in [0, 0.05) is 16.0 Å². The van der Waals surface area contributed by atoms with E-state index in [2.05, 4.69) is 5.32 Å². The van der Waals surface area contributed by atoms with Gasteiger partial charge in [0.1, 0.15) is 11.3 Å². The molecule has 0 radical (unpaired) electrons. The van der Waals surface area contributed by atoms with Crippen LogP contribution in [-0.2, 0) is 22.4 Å². The second kappa shape index (κ2) is 8.59. The molecule has 30 heavy (non-hydrogen) atoms. The van der Waals surface area contributed by atoms with Crippen molar-refractivity contribution in [3.05, 3.63) is 74.1 Å². The molecule has 0 unspecified atom stereocenters. The summed E-state index contributed by atoms with van der Waals surface area (Å²) in [5.41, 5.74) is 1.26. The number of phenols is 1. The summed E-state index contributed by atoms with van der Waals surface area (Å²) in [6.07, 6.45) is -0.344. The van der Waals surface area contributed by atoms with Crippen LogP contribution in [0.2, 0.25) is 5.02 Å². The highest BCUT2D eigenvalue weighted by Crippen LogP contribution is 2.28. The van der Waals surface area contributed by atoms with Crippen LogP contribution in [-0.4, -0.2) is 23.0 Å². The highest BCUT2D eigenvalue weighted by molar-refractivity contribution is 6.30. The number of aromatic hydroxyl groups is 1. The summed E-state index contributed by atoms with van der Waals surface area (Å²) < 4.78 is 5.31. The minimum atomic E-state index is -1.44. The normalized spacial score (nSPS) is 12.0. The standard InChI is InChI=1S/C22H20ClNO6/c1-11-15-7-8-18(25)12(2)20(15)30-22(29)16(11)10-19(26)24-17(21(27)28)9-13-3-5-14(23)6-4-13/h3-8,17,25H,9-10H2,1-2H3,(H,24,26)(H,27,28)/p-1/t17-/m1/s1. The molecule has 1 heterocycles. The van der Waals surface area contributed by atoms with E-state index in [-0.39, 0.29) is 29.7 Å². The predicted molar refractivity (Wildman–Crippen MR) is 109 cm³/mol. The number of carbonyl (C=O) groups is 2. The molecule has 2 N–H and O–H groups in total. The Balaban J connectivity index is 1.83. The first-order valence-corrected chi connectivity index (χ1v) is 9.54. The van der Waals surface area contributed by atoms with Crippen molar-refractivity contribution in [3.8, 4) is 5.75 Å². The van der Waals surface area contributed by atoms with Crippen molar-refractivity contribution < 1.29 is 24.2 Å². The SMILES string of the molecule is Cc1c(CC(=O)N[C@H](Cc2ccc(Cl)cc2)C(=O)[O-])c(=O)oc2c(C)c(O)ccc12. The number of carboxylic acids is 1. The van der Waals surface area contributed by atoms with E-state index in [0.717, 1.165) is 0 Å². The number of hydrogen-bond acceptors (Lipinski definition) is 6. The van der Waals surface area contributed by atoms with E-state index in [4.69, 9.17) is 16.0 Å². The van der Waals surface area contributed by atoms with Crippen LogP contribution in [0.3, 0.4) is 0 Å². The first-order chi connectivity index (χ1) is 14.2. The third-order valence-corrected chi connectivity index (χ3v) is 5.24. The Morgan fingerprint density at radius 2 is 1.80 bits per heavy atom. The van der Waals surface area contributed by atoms with Crippen molar-refractivity contribution >= 4 is 34.4 Å². The summed E-state index contributed by atoms with van der Waals surface area (Å²) in [5.74, 6) is -2.09. The number of carbonyl (C=O) groups excluding carboxylic acids is 2. The van der Waals surface area contributed by atoms with E-state index >= 15 is 0 Å². The molecule has 1 amide bonds. The van der Waals surface area contributed by atoms with Gasteiger partial charge in [0.05, 0.1) is 24.0 Å². The Labute approximate surface area is 176 Å². The molecule has 0 aliphatic heterocycles. The maximum atomic E-state index is 12.5. The number of carboxylic acid groups (broad SMARTS) is 1. The molecule has 8 heteroatoms. The summed E-state index contributed by atoms with van der Waals surface area (Å²) in [4.78, 5) is 36.4. The third kappa shape index (κ3) is 4.46. The zero-order valence-electron chi connectivity index (χ0n) is 16.3. The van der Waals surface area contributed by atoms with Gasteiger partial charge in [-0.3, -0.25) is 4.79 Å². The van der Waals surface area contributed by atoms with Crippen molar-refractivity contribution in [2.24, 2.45) is 0 Å². The summed E-state index contributed by atoms with van der Waals surface area (Å²) in [5, 5.41) is 24.8. The van der Waals surface area contributed by atoms with E-state index in [9.17, 15) is 24.6 Å². The second-order valence-corrected chi connectivity index (χ2v) is 7.46. The molecule has 0 aliphatic carbocycles. The van der Waals surface area contributed by atoms with Crippen LogP contribution in [0, 0.1) is 13.8 Å². The lowest BCUT2D eigenvalue weighted by Crippen LogP contribution is -2.49. The summed E-state index contributed by atoms with van der Waals surface area (Å²) in [6, 6.07) is 8.36. The number of fused-ring (bicyclic) bond motifs is 1. The van der Waals surface area contributed by atoms with Crippen LogP contribution in [0.5, 0.6) is 5.75 Å². The summed E-state index contributed by atoms with van der Waals surface area (Å²) in [7, 11) is 0. The van der Waals surface area contributed by atoms with E-state index in [1.54, 1.807) is 44.2 Å². The molecule has 1 atom stereocenters. The van der Waals surface area contributed by atoms with Crippen molar-refractivity contribution in [2.75, 3.05) is 0 Å². The molecule has 7 nitrogen and oxygen atoms in total. The lowest BCUT2D eigenvalue weighted by Gasteiger charge is -2.20. The Morgan fingerprint density at radius 3 is 2.43 bits per heavy atom. The number of halogens is 1. The molecular formula is C22H19ClNO6-. The highest BCUT2D eigenvalue weighted by atomic mass is 35.5. The Hall–Kier alpha value is -3.32. The molecule has 2 aromatic carbocycles.